The number of aromatic nitrogens is 1. The number of halogens is 2. The van der Waals surface area contributed by atoms with Crippen molar-refractivity contribution in [3.05, 3.63) is 21.7 Å². The lowest BCUT2D eigenvalue weighted by atomic mass is 10.4. The van der Waals surface area contributed by atoms with Gasteiger partial charge in [-0.1, -0.05) is 0 Å². The Bertz CT molecular complexity index is 316. The Hall–Kier alpha value is -0.720. The maximum absolute atomic E-state index is 12.8. The first-order chi connectivity index (χ1) is 5.59. The maximum atomic E-state index is 12.8. The molecule has 1 N–H and O–H groups in total. The lowest BCUT2D eigenvalue weighted by Gasteiger charge is -2.00. The smallest absolute Gasteiger partial charge is 0.228 e. The quantitative estimate of drug-likeness (QED) is 0.629. The van der Waals surface area contributed by atoms with Gasteiger partial charge >= 0.3 is 0 Å². The van der Waals surface area contributed by atoms with Gasteiger partial charge in [0.25, 0.3) is 0 Å². The monoisotopic (exact) mass is 280 g/mol. The molecule has 0 aliphatic heterocycles. The molecule has 0 saturated heterocycles. The molecule has 1 aromatic rings. The fraction of sp³-hybridized carbons (Fsp3) is 0.143. The number of amides is 1. The summed E-state index contributed by atoms with van der Waals surface area (Å²) < 4.78 is 13.2. The van der Waals surface area contributed by atoms with Crippen LogP contribution in [0.25, 0.3) is 0 Å². The lowest BCUT2D eigenvalue weighted by molar-refractivity contribution is -0.114. The van der Waals surface area contributed by atoms with E-state index >= 15 is 0 Å². The van der Waals surface area contributed by atoms with Gasteiger partial charge in [-0.15, -0.1) is 0 Å². The highest BCUT2D eigenvalue weighted by Crippen LogP contribution is 2.11. The van der Waals surface area contributed by atoms with Crippen LogP contribution in [0, 0.1) is 9.52 Å². The third-order valence-corrected chi connectivity index (χ3v) is 1.91. The van der Waals surface area contributed by atoms with Crippen molar-refractivity contribution in [2.75, 3.05) is 5.32 Å². The van der Waals surface area contributed by atoms with Crippen LogP contribution in [0.4, 0.5) is 10.2 Å². The minimum Gasteiger partial charge on any atom is -0.311 e. The Morgan fingerprint density at radius 3 is 2.83 bits per heavy atom. The molecule has 0 fully saturated rings. The van der Waals surface area contributed by atoms with Crippen LogP contribution >= 0.6 is 22.6 Å². The third-order valence-electron chi connectivity index (χ3n) is 1.11. The molecule has 1 aromatic heterocycles. The molecule has 12 heavy (non-hydrogen) atoms. The van der Waals surface area contributed by atoms with Crippen molar-refractivity contribution in [2.45, 2.75) is 6.92 Å². The summed E-state index contributed by atoms with van der Waals surface area (Å²) in [5.41, 5.74) is 0. The zero-order valence-electron chi connectivity index (χ0n) is 6.27. The van der Waals surface area contributed by atoms with Crippen LogP contribution in [0.2, 0.25) is 0 Å². The minimum atomic E-state index is -0.568. The van der Waals surface area contributed by atoms with E-state index in [9.17, 15) is 9.18 Å². The van der Waals surface area contributed by atoms with Gasteiger partial charge in [-0.05, 0) is 34.7 Å². The molecule has 0 aliphatic carbocycles. The molecule has 0 unspecified atom stereocenters. The highest BCUT2D eigenvalue weighted by atomic mass is 127. The molecule has 1 amide bonds. The molecule has 0 aliphatic rings. The van der Waals surface area contributed by atoms with Crippen molar-refractivity contribution in [3.8, 4) is 0 Å². The predicted octanol–water partition coefficient (Wildman–Crippen LogP) is 1.78. The molecule has 0 saturated carbocycles. The van der Waals surface area contributed by atoms with E-state index in [1.165, 1.54) is 6.92 Å². The number of pyridine rings is 1. The number of nitrogens with zero attached hydrogens (tertiary/aromatic N) is 1. The van der Waals surface area contributed by atoms with Gasteiger partial charge in [0.15, 0.2) is 0 Å². The van der Waals surface area contributed by atoms with Crippen molar-refractivity contribution >= 4 is 34.3 Å². The summed E-state index contributed by atoms with van der Waals surface area (Å²) in [6.45, 7) is 1.34. The summed E-state index contributed by atoms with van der Waals surface area (Å²) in [5, 5.41) is 2.38. The highest BCUT2D eigenvalue weighted by Gasteiger charge is 2.02. The average Bonchev–Trinajstić information content (AvgIpc) is 1.96. The summed E-state index contributed by atoms with van der Waals surface area (Å²) >= 11 is 1.82. The maximum Gasteiger partial charge on any atom is 0.228 e. The SMILES string of the molecule is CC(=O)Nc1ccc(I)c(F)n1. The topological polar surface area (TPSA) is 42.0 Å². The first kappa shape index (κ1) is 9.37. The van der Waals surface area contributed by atoms with Crippen LogP contribution in [-0.4, -0.2) is 10.9 Å². The Balaban J connectivity index is 2.89. The van der Waals surface area contributed by atoms with Gasteiger partial charge in [0.05, 0.1) is 3.57 Å². The largest absolute Gasteiger partial charge is 0.311 e. The summed E-state index contributed by atoms with van der Waals surface area (Å²) in [7, 11) is 0. The van der Waals surface area contributed by atoms with Crippen molar-refractivity contribution in [3.63, 3.8) is 0 Å². The van der Waals surface area contributed by atoms with E-state index in [0.29, 0.717) is 3.57 Å². The van der Waals surface area contributed by atoms with Gasteiger partial charge < -0.3 is 5.32 Å². The molecule has 1 heterocycles. The van der Waals surface area contributed by atoms with E-state index in [2.05, 4.69) is 10.3 Å². The fourth-order valence-corrected chi connectivity index (χ4v) is 0.968. The van der Waals surface area contributed by atoms with E-state index in [-0.39, 0.29) is 11.7 Å². The molecule has 0 atom stereocenters. The van der Waals surface area contributed by atoms with Crippen LogP contribution in [0.1, 0.15) is 6.92 Å². The van der Waals surface area contributed by atoms with Gasteiger partial charge in [0, 0.05) is 6.92 Å². The van der Waals surface area contributed by atoms with Crippen molar-refractivity contribution in [1.82, 2.24) is 4.98 Å². The van der Waals surface area contributed by atoms with Gasteiger partial charge in [-0.3, -0.25) is 4.79 Å². The van der Waals surface area contributed by atoms with Crippen LogP contribution in [0.15, 0.2) is 12.1 Å². The van der Waals surface area contributed by atoms with E-state index in [4.69, 9.17) is 0 Å². The first-order valence-electron chi connectivity index (χ1n) is 3.19. The minimum absolute atomic E-state index is 0.236. The Labute approximate surface area is 82.5 Å². The van der Waals surface area contributed by atoms with E-state index in [1.54, 1.807) is 12.1 Å². The molecule has 0 spiro atoms. The highest BCUT2D eigenvalue weighted by molar-refractivity contribution is 14.1. The number of hydrogen-bond acceptors (Lipinski definition) is 2. The molecule has 1 rings (SSSR count). The third kappa shape index (κ3) is 2.40. The van der Waals surface area contributed by atoms with E-state index in [0.717, 1.165) is 0 Å². The van der Waals surface area contributed by atoms with Crippen molar-refractivity contribution < 1.29 is 9.18 Å². The van der Waals surface area contributed by atoms with Crippen LogP contribution < -0.4 is 5.32 Å². The lowest BCUT2D eigenvalue weighted by Crippen LogP contribution is -2.08. The zero-order chi connectivity index (χ0) is 9.14. The number of hydrogen-bond donors (Lipinski definition) is 1. The predicted molar refractivity (Wildman–Crippen MR) is 51.2 cm³/mol. The van der Waals surface area contributed by atoms with Gasteiger partial charge in [-0.2, -0.15) is 4.39 Å². The number of carbonyl (C=O) groups is 1. The van der Waals surface area contributed by atoms with Gasteiger partial charge in [0.2, 0.25) is 11.9 Å². The summed E-state index contributed by atoms with van der Waals surface area (Å²) in [5.74, 6) is -0.592. The van der Waals surface area contributed by atoms with E-state index < -0.39 is 5.95 Å². The first-order valence-corrected chi connectivity index (χ1v) is 4.27. The number of nitrogens with one attached hydrogen (secondary N) is 1. The Morgan fingerprint density at radius 1 is 1.67 bits per heavy atom. The molecular weight excluding hydrogens is 274 g/mol. The second-order valence-electron chi connectivity index (χ2n) is 2.15. The summed E-state index contributed by atoms with van der Waals surface area (Å²) in [6, 6.07) is 3.10. The summed E-state index contributed by atoms with van der Waals surface area (Å²) in [4.78, 5) is 14.0. The second kappa shape index (κ2) is 3.79. The zero-order valence-corrected chi connectivity index (χ0v) is 8.42. The Morgan fingerprint density at radius 2 is 2.33 bits per heavy atom. The number of anilines is 1. The Kier molecular flexibility index (Phi) is 2.96. The molecule has 0 radical (unpaired) electrons. The number of rotatable bonds is 1. The van der Waals surface area contributed by atoms with Crippen molar-refractivity contribution in [1.29, 1.82) is 0 Å². The van der Waals surface area contributed by atoms with Gasteiger partial charge in [-0.25, -0.2) is 4.98 Å². The molecule has 0 bridgehead atoms. The van der Waals surface area contributed by atoms with Crippen LogP contribution in [-0.2, 0) is 4.79 Å². The van der Waals surface area contributed by atoms with Crippen molar-refractivity contribution in [2.24, 2.45) is 0 Å². The normalized spacial score (nSPS) is 9.58. The fourth-order valence-electron chi connectivity index (χ4n) is 0.667. The molecule has 0 aromatic carbocycles. The number of carbonyl (C=O) groups excluding carboxylic acids is 1. The van der Waals surface area contributed by atoms with Gasteiger partial charge in [0.1, 0.15) is 5.82 Å². The second-order valence-corrected chi connectivity index (χ2v) is 3.31. The molecule has 5 heteroatoms. The average molecular weight is 280 g/mol. The molecule has 3 nitrogen and oxygen atoms in total. The van der Waals surface area contributed by atoms with Crippen LogP contribution in [0.5, 0.6) is 0 Å². The molecular formula is C7H6FIN2O. The van der Waals surface area contributed by atoms with Crippen LogP contribution in [0.3, 0.4) is 0 Å². The molecule has 64 valence electrons. The summed E-state index contributed by atoms with van der Waals surface area (Å²) in [6.07, 6.45) is 0. The standard InChI is InChI=1S/C7H6FIN2O/c1-4(12)10-6-3-2-5(9)7(8)11-6/h2-3H,1H3,(H,10,11,12). The van der Waals surface area contributed by atoms with E-state index in [1.807, 2.05) is 22.6 Å².